The summed E-state index contributed by atoms with van der Waals surface area (Å²) in [4.78, 5) is 14.6. The SMILES string of the molecule is Cc1cc(C(=O)/C=C/c2ccc(N3CCCCC3)cc2)ccc1O. The van der Waals surface area contributed by atoms with E-state index >= 15 is 0 Å². The minimum atomic E-state index is -0.0572. The van der Waals surface area contributed by atoms with E-state index in [4.69, 9.17) is 0 Å². The standard InChI is InChI=1S/C21H23NO2/c1-16-15-18(8-12-20(16)23)21(24)11-7-17-5-9-19(10-6-17)22-13-3-2-4-14-22/h5-12,15,23H,2-4,13-14H2,1H3/b11-7+. The molecule has 2 aromatic carbocycles. The number of allylic oxidation sites excluding steroid dienone is 1. The van der Waals surface area contributed by atoms with E-state index in [9.17, 15) is 9.90 Å². The van der Waals surface area contributed by atoms with Crippen LogP contribution in [0.4, 0.5) is 5.69 Å². The molecule has 1 aliphatic rings. The number of hydrogen-bond acceptors (Lipinski definition) is 3. The van der Waals surface area contributed by atoms with Gasteiger partial charge in [0.25, 0.3) is 0 Å². The number of aromatic hydroxyl groups is 1. The van der Waals surface area contributed by atoms with E-state index in [0.717, 1.165) is 18.7 Å². The van der Waals surface area contributed by atoms with E-state index in [-0.39, 0.29) is 11.5 Å². The molecule has 0 saturated carbocycles. The van der Waals surface area contributed by atoms with Crippen molar-refractivity contribution in [2.45, 2.75) is 26.2 Å². The molecule has 0 aliphatic carbocycles. The molecule has 0 spiro atoms. The van der Waals surface area contributed by atoms with Crippen molar-refractivity contribution in [1.29, 1.82) is 0 Å². The van der Waals surface area contributed by atoms with Gasteiger partial charge in [0, 0.05) is 24.3 Å². The number of nitrogens with zero attached hydrogens (tertiary/aromatic N) is 1. The number of piperidine rings is 1. The van der Waals surface area contributed by atoms with Gasteiger partial charge in [-0.05, 0) is 73.7 Å². The highest BCUT2D eigenvalue weighted by molar-refractivity contribution is 6.07. The number of anilines is 1. The number of carbonyl (C=O) groups excluding carboxylic acids is 1. The second kappa shape index (κ2) is 7.35. The van der Waals surface area contributed by atoms with Crippen molar-refractivity contribution >= 4 is 17.5 Å². The molecule has 0 amide bonds. The molecule has 0 unspecified atom stereocenters. The van der Waals surface area contributed by atoms with Crippen molar-refractivity contribution in [1.82, 2.24) is 0 Å². The Balaban J connectivity index is 1.67. The number of hydrogen-bond donors (Lipinski definition) is 1. The summed E-state index contributed by atoms with van der Waals surface area (Å²) in [5, 5.41) is 9.53. The molecule has 2 aromatic rings. The summed E-state index contributed by atoms with van der Waals surface area (Å²) in [5.41, 5.74) is 3.57. The van der Waals surface area contributed by atoms with Gasteiger partial charge in [-0.1, -0.05) is 18.2 Å². The van der Waals surface area contributed by atoms with Gasteiger partial charge >= 0.3 is 0 Å². The Morgan fingerprint density at radius 3 is 2.42 bits per heavy atom. The molecule has 3 rings (SSSR count). The van der Waals surface area contributed by atoms with Crippen LogP contribution < -0.4 is 4.90 Å². The first-order valence-electron chi connectivity index (χ1n) is 8.50. The van der Waals surface area contributed by atoms with Gasteiger partial charge in [0.1, 0.15) is 5.75 Å². The van der Waals surface area contributed by atoms with Crippen LogP contribution in [-0.4, -0.2) is 24.0 Å². The lowest BCUT2D eigenvalue weighted by Gasteiger charge is -2.28. The number of rotatable bonds is 4. The van der Waals surface area contributed by atoms with E-state index in [1.54, 1.807) is 31.2 Å². The molecule has 24 heavy (non-hydrogen) atoms. The highest BCUT2D eigenvalue weighted by Gasteiger charge is 2.10. The normalized spacial score (nSPS) is 15.0. The summed E-state index contributed by atoms with van der Waals surface area (Å²) in [6.45, 7) is 4.05. The van der Waals surface area contributed by atoms with Crippen molar-refractivity contribution in [2.75, 3.05) is 18.0 Å². The lowest BCUT2D eigenvalue weighted by Crippen LogP contribution is -2.29. The van der Waals surface area contributed by atoms with Crippen molar-refractivity contribution in [3.63, 3.8) is 0 Å². The van der Waals surface area contributed by atoms with Gasteiger partial charge in [-0.15, -0.1) is 0 Å². The summed E-state index contributed by atoms with van der Waals surface area (Å²) in [5.74, 6) is 0.155. The quantitative estimate of drug-likeness (QED) is 0.661. The third-order valence-corrected chi connectivity index (χ3v) is 4.52. The summed E-state index contributed by atoms with van der Waals surface area (Å²) < 4.78 is 0. The highest BCUT2D eigenvalue weighted by Crippen LogP contribution is 2.21. The van der Waals surface area contributed by atoms with E-state index in [0.29, 0.717) is 11.1 Å². The Kier molecular flexibility index (Phi) is 4.99. The highest BCUT2D eigenvalue weighted by atomic mass is 16.3. The molecule has 1 fully saturated rings. The average Bonchev–Trinajstić information content (AvgIpc) is 2.63. The fraction of sp³-hybridized carbons (Fsp3) is 0.286. The lowest BCUT2D eigenvalue weighted by molar-refractivity contribution is 0.104. The molecular weight excluding hydrogens is 298 g/mol. The molecule has 0 atom stereocenters. The Morgan fingerprint density at radius 1 is 1.04 bits per heavy atom. The monoisotopic (exact) mass is 321 g/mol. The molecule has 0 radical (unpaired) electrons. The first kappa shape index (κ1) is 16.3. The maximum absolute atomic E-state index is 12.2. The number of aryl methyl sites for hydroxylation is 1. The summed E-state index contributed by atoms with van der Waals surface area (Å²) >= 11 is 0. The average molecular weight is 321 g/mol. The largest absolute Gasteiger partial charge is 0.508 e. The van der Waals surface area contributed by atoms with E-state index < -0.39 is 0 Å². The number of phenolic OH excluding ortho intramolecular Hbond substituents is 1. The van der Waals surface area contributed by atoms with Gasteiger partial charge in [-0.3, -0.25) is 4.79 Å². The van der Waals surface area contributed by atoms with Crippen molar-refractivity contribution in [3.05, 3.63) is 65.2 Å². The zero-order valence-corrected chi connectivity index (χ0v) is 14.0. The fourth-order valence-electron chi connectivity index (χ4n) is 3.03. The maximum atomic E-state index is 12.2. The van der Waals surface area contributed by atoms with Crippen LogP contribution >= 0.6 is 0 Å². The predicted octanol–water partition coefficient (Wildman–Crippen LogP) is 4.59. The zero-order chi connectivity index (χ0) is 16.9. The third-order valence-electron chi connectivity index (χ3n) is 4.52. The Morgan fingerprint density at radius 2 is 1.75 bits per heavy atom. The van der Waals surface area contributed by atoms with Gasteiger partial charge in [-0.2, -0.15) is 0 Å². The minimum Gasteiger partial charge on any atom is -0.508 e. The second-order valence-corrected chi connectivity index (χ2v) is 6.34. The van der Waals surface area contributed by atoms with Crippen LogP contribution in [0.2, 0.25) is 0 Å². The van der Waals surface area contributed by atoms with Gasteiger partial charge in [0.2, 0.25) is 0 Å². The topological polar surface area (TPSA) is 40.5 Å². The second-order valence-electron chi connectivity index (χ2n) is 6.34. The van der Waals surface area contributed by atoms with Gasteiger partial charge in [0.05, 0.1) is 0 Å². The maximum Gasteiger partial charge on any atom is 0.185 e. The molecule has 0 aromatic heterocycles. The molecule has 124 valence electrons. The molecule has 1 heterocycles. The molecule has 1 N–H and O–H groups in total. The van der Waals surface area contributed by atoms with Crippen LogP contribution in [0.15, 0.2) is 48.5 Å². The minimum absolute atomic E-state index is 0.0572. The number of benzene rings is 2. The first-order valence-corrected chi connectivity index (χ1v) is 8.50. The number of phenols is 1. The van der Waals surface area contributed by atoms with E-state index in [2.05, 4.69) is 29.2 Å². The summed E-state index contributed by atoms with van der Waals surface area (Å²) in [6, 6.07) is 13.3. The predicted molar refractivity (Wildman–Crippen MR) is 98.7 cm³/mol. The van der Waals surface area contributed by atoms with E-state index in [1.165, 1.54) is 24.9 Å². The van der Waals surface area contributed by atoms with Gasteiger partial charge in [-0.25, -0.2) is 0 Å². The molecule has 0 bridgehead atoms. The van der Waals surface area contributed by atoms with Gasteiger partial charge in [0.15, 0.2) is 5.78 Å². The molecule has 3 heteroatoms. The van der Waals surface area contributed by atoms with Crippen LogP contribution in [0.3, 0.4) is 0 Å². The van der Waals surface area contributed by atoms with E-state index in [1.807, 2.05) is 6.08 Å². The summed E-state index contributed by atoms with van der Waals surface area (Å²) in [6.07, 6.45) is 7.28. The first-order chi connectivity index (χ1) is 11.6. The third kappa shape index (κ3) is 3.85. The Hall–Kier alpha value is -2.55. The van der Waals surface area contributed by atoms with Gasteiger partial charge < -0.3 is 10.0 Å². The lowest BCUT2D eigenvalue weighted by atomic mass is 10.1. The van der Waals surface area contributed by atoms with Crippen molar-refractivity contribution < 1.29 is 9.90 Å². The molecule has 3 nitrogen and oxygen atoms in total. The Labute approximate surface area is 143 Å². The van der Waals surface area contributed by atoms with Crippen molar-refractivity contribution in [3.8, 4) is 5.75 Å². The summed E-state index contributed by atoms with van der Waals surface area (Å²) in [7, 11) is 0. The van der Waals surface area contributed by atoms with Crippen molar-refractivity contribution in [2.24, 2.45) is 0 Å². The number of carbonyl (C=O) groups is 1. The van der Waals surface area contributed by atoms with Crippen LogP contribution in [0.25, 0.3) is 6.08 Å². The van der Waals surface area contributed by atoms with Crippen LogP contribution in [0.5, 0.6) is 5.75 Å². The number of ketones is 1. The fourth-order valence-corrected chi connectivity index (χ4v) is 3.03. The Bertz CT molecular complexity index is 741. The van der Waals surface area contributed by atoms with Crippen LogP contribution in [0.1, 0.15) is 40.7 Å². The van der Waals surface area contributed by atoms with Crippen LogP contribution in [0, 0.1) is 6.92 Å². The molecule has 1 aliphatic heterocycles. The molecular formula is C21H23NO2. The molecule has 1 saturated heterocycles. The van der Waals surface area contributed by atoms with Crippen LogP contribution in [-0.2, 0) is 0 Å². The smallest absolute Gasteiger partial charge is 0.185 e. The zero-order valence-electron chi connectivity index (χ0n) is 14.0.